The molecule has 0 radical (unpaired) electrons. The highest BCUT2D eigenvalue weighted by molar-refractivity contribution is 5.94. The number of amides is 1. The molecule has 0 unspecified atom stereocenters. The number of nitrogens with zero attached hydrogens (tertiary/aromatic N) is 2. The number of hydrogen-bond acceptors (Lipinski definition) is 4. The fourth-order valence-corrected chi connectivity index (χ4v) is 2.21. The molecule has 3 aromatic rings. The maximum absolute atomic E-state index is 12.4. The SMILES string of the molecule is O=C(N/N=C\c1ccccc1OC(F)F)c1cc(-c2ccccc2)n[nH]1. The number of aromatic amines is 1. The van der Waals surface area contributed by atoms with Crippen LogP contribution in [0.1, 0.15) is 16.1 Å². The molecule has 1 aromatic heterocycles. The van der Waals surface area contributed by atoms with Crippen LogP contribution in [0.4, 0.5) is 8.78 Å². The van der Waals surface area contributed by atoms with E-state index in [4.69, 9.17) is 0 Å². The van der Waals surface area contributed by atoms with Gasteiger partial charge in [-0.05, 0) is 18.2 Å². The second-order valence-corrected chi connectivity index (χ2v) is 5.15. The number of halogens is 2. The summed E-state index contributed by atoms with van der Waals surface area (Å²) in [5.74, 6) is -0.545. The van der Waals surface area contributed by atoms with Crippen LogP contribution in [0, 0.1) is 0 Å². The van der Waals surface area contributed by atoms with Gasteiger partial charge in [-0.15, -0.1) is 0 Å². The summed E-state index contributed by atoms with van der Waals surface area (Å²) in [6, 6.07) is 17.1. The molecular weight excluding hydrogens is 342 g/mol. The van der Waals surface area contributed by atoms with E-state index in [9.17, 15) is 13.6 Å². The number of alkyl halides is 2. The Labute approximate surface area is 147 Å². The Morgan fingerprint density at radius 3 is 2.65 bits per heavy atom. The van der Waals surface area contributed by atoms with E-state index in [1.807, 2.05) is 30.3 Å². The Morgan fingerprint density at radius 1 is 1.15 bits per heavy atom. The summed E-state index contributed by atoms with van der Waals surface area (Å²) in [6.45, 7) is -2.94. The molecule has 132 valence electrons. The highest BCUT2D eigenvalue weighted by Crippen LogP contribution is 2.18. The van der Waals surface area contributed by atoms with Crippen LogP contribution in [0.2, 0.25) is 0 Å². The Hall–Kier alpha value is -3.55. The molecule has 26 heavy (non-hydrogen) atoms. The van der Waals surface area contributed by atoms with Crippen LogP contribution >= 0.6 is 0 Å². The molecule has 2 N–H and O–H groups in total. The number of rotatable bonds is 6. The van der Waals surface area contributed by atoms with E-state index in [-0.39, 0.29) is 11.4 Å². The number of aromatic nitrogens is 2. The van der Waals surface area contributed by atoms with Gasteiger partial charge in [0.2, 0.25) is 0 Å². The molecule has 0 atom stereocenters. The third-order valence-electron chi connectivity index (χ3n) is 3.40. The molecule has 0 saturated carbocycles. The van der Waals surface area contributed by atoms with Crippen molar-refractivity contribution in [3.05, 3.63) is 71.9 Å². The number of carbonyl (C=O) groups is 1. The van der Waals surface area contributed by atoms with E-state index in [0.717, 1.165) is 5.56 Å². The van der Waals surface area contributed by atoms with Gasteiger partial charge >= 0.3 is 6.61 Å². The molecule has 6 nitrogen and oxygen atoms in total. The minimum absolute atomic E-state index is 0.0339. The lowest BCUT2D eigenvalue weighted by Gasteiger charge is -2.06. The minimum atomic E-state index is -2.94. The number of carbonyl (C=O) groups excluding carboxylic acids is 1. The normalized spacial score (nSPS) is 11.0. The molecule has 1 heterocycles. The number of H-pyrrole nitrogens is 1. The number of para-hydroxylation sites is 1. The topological polar surface area (TPSA) is 79.4 Å². The molecule has 0 bridgehead atoms. The maximum Gasteiger partial charge on any atom is 0.387 e. The fourth-order valence-electron chi connectivity index (χ4n) is 2.21. The van der Waals surface area contributed by atoms with Crippen molar-refractivity contribution in [1.29, 1.82) is 0 Å². The summed E-state index contributed by atoms with van der Waals surface area (Å²) in [4.78, 5) is 12.1. The van der Waals surface area contributed by atoms with Crippen LogP contribution in [0.3, 0.4) is 0 Å². The van der Waals surface area contributed by atoms with E-state index >= 15 is 0 Å². The van der Waals surface area contributed by atoms with Gasteiger partial charge in [0.15, 0.2) is 0 Å². The average molecular weight is 356 g/mol. The van der Waals surface area contributed by atoms with Crippen LogP contribution < -0.4 is 10.2 Å². The average Bonchev–Trinajstić information content (AvgIpc) is 3.14. The van der Waals surface area contributed by atoms with Crippen LogP contribution in [-0.2, 0) is 0 Å². The number of benzene rings is 2. The van der Waals surface area contributed by atoms with Crippen LogP contribution in [0.15, 0.2) is 65.8 Å². The summed E-state index contributed by atoms with van der Waals surface area (Å²) >= 11 is 0. The fraction of sp³-hybridized carbons (Fsp3) is 0.0556. The largest absolute Gasteiger partial charge is 0.434 e. The van der Waals surface area contributed by atoms with Crippen LogP contribution in [0.25, 0.3) is 11.3 Å². The molecule has 8 heteroatoms. The van der Waals surface area contributed by atoms with Gasteiger partial charge in [0.25, 0.3) is 5.91 Å². The third-order valence-corrected chi connectivity index (χ3v) is 3.40. The minimum Gasteiger partial charge on any atom is -0.434 e. The first-order chi connectivity index (χ1) is 12.6. The van der Waals surface area contributed by atoms with Gasteiger partial charge in [-0.3, -0.25) is 9.89 Å². The van der Waals surface area contributed by atoms with E-state index in [1.165, 1.54) is 18.3 Å². The van der Waals surface area contributed by atoms with E-state index in [0.29, 0.717) is 11.3 Å². The lowest BCUT2D eigenvalue weighted by Crippen LogP contribution is -2.18. The summed E-state index contributed by atoms with van der Waals surface area (Å²) in [5.41, 5.74) is 4.32. The van der Waals surface area contributed by atoms with Gasteiger partial charge < -0.3 is 4.74 Å². The van der Waals surface area contributed by atoms with Crippen molar-refractivity contribution in [3.63, 3.8) is 0 Å². The zero-order valence-electron chi connectivity index (χ0n) is 13.4. The Kier molecular flexibility index (Phi) is 5.33. The standard InChI is InChI=1S/C18H14F2N4O2/c19-18(20)26-16-9-5-4-8-13(16)11-21-24-17(25)15-10-14(22-23-15)12-6-2-1-3-7-12/h1-11,18H,(H,22,23)(H,24,25)/b21-11-. The Balaban J connectivity index is 1.66. The van der Waals surface area contributed by atoms with Gasteiger partial charge in [-0.2, -0.15) is 19.0 Å². The Bertz CT molecular complexity index is 910. The number of ether oxygens (including phenoxy) is 1. The van der Waals surface area contributed by atoms with Crippen molar-refractivity contribution in [1.82, 2.24) is 15.6 Å². The molecule has 1 amide bonds. The quantitative estimate of drug-likeness (QED) is 0.524. The van der Waals surface area contributed by atoms with E-state index in [1.54, 1.807) is 18.2 Å². The van der Waals surface area contributed by atoms with Crippen LogP contribution in [0.5, 0.6) is 5.75 Å². The lowest BCUT2D eigenvalue weighted by molar-refractivity contribution is -0.0499. The molecule has 0 saturated heterocycles. The zero-order valence-corrected chi connectivity index (χ0v) is 13.4. The van der Waals surface area contributed by atoms with Crippen molar-refractivity contribution < 1.29 is 18.3 Å². The van der Waals surface area contributed by atoms with Gasteiger partial charge in [0.05, 0.1) is 11.9 Å². The van der Waals surface area contributed by atoms with Gasteiger partial charge in [0.1, 0.15) is 11.4 Å². The molecule has 0 aliphatic heterocycles. The molecule has 0 aliphatic carbocycles. The van der Waals surface area contributed by atoms with Crippen molar-refractivity contribution >= 4 is 12.1 Å². The third kappa shape index (κ3) is 4.29. The van der Waals surface area contributed by atoms with Crippen molar-refractivity contribution in [3.8, 4) is 17.0 Å². The second-order valence-electron chi connectivity index (χ2n) is 5.15. The predicted molar refractivity (Wildman–Crippen MR) is 92.2 cm³/mol. The number of nitrogens with one attached hydrogen (secondary N) is 2. The lowest BCUT2D eigenvalue weighted by atomic mass is 10.1. The Morgan fingerprint density at radius 2 is 1.88 bits per heavy atom. The van der Waals surface area contributed by atoms with Crippen molar-refractivity contribution in [2.75, 3.05) is 0 Å². The molecule has 0 aliphatic rings. The van der Waals surface area contributed by atoms with Gasteiger partial charge in [-0.1, -0.05) is 42.5 Å². The highest BCUT2D eigenvalue weighted by Gasteiger charge is 2.11. The van der Waals surface area contributed by atoms with Gasteiger partial charge in [-0.25, -0.2) is 5.43 Å². The van der Waals surface area contributed by atoms with E-state index < -0.39 is 12.5 Å². The van der Waals surface area contributed by atoms with Crippen molar-refractivity contribution in [2.45, 2.75) is 6.61 Å². The molecule has 2 aromatic carbocycles. The zero-order chi connectivity index (χ0) is 18.4. The summed E-state index contributed by atoms with van der Waals surface area (Å²) in [6.07, 6.45) is 1.23. The summed E-state index contributed by atoms with van der Waals surface area (Å²) in [5, 5.41) is 10.5. The monoisotopic (exact) mass is 356 g/mol. The number of hydrogen-bond donors (Lipinski definition) is 2. The first-order valence-electron chi connectivity index (χ1n) is 7.61. The van der Waals surface area contributed by atoms with Gasteiger partial charge in [0, 0.05) is 11.1 Å². The molecule has 0 spiro atoms. The molecular formula is C18H14F2N4O2. The highest BCUT2D eigenvalue weighted by atomic mass is 19.3. The number of hydrazone groups is 1. The molecule has 0 fully saturated rings. The summed E-state index contributed by atoms with van der Waals surface area (Å²) < 4.78 is 29.1. The summed E-state index contributed by atoms with van der Waals surface area (Å²) in [7, 11) is 0. The van der Waals surface area contributed by atoms with E-state index in [2.05, 4.69) is 25.5 Å². The maximum atomic E-state index is 12.4. The first-order valence-corrected chi connectivity index (χ1v) is 7.61. The first kappa shape index (κ1) is 17.3. The van der Waals surface area contributed by atoms with Crippen molar-refractivity contribution in [2.24, 2.45) is 5.10 Å². The van der Waals surface area contributed by atoms with Crippen LogP contribution in [-0.4, -0.2) is 28.9 Å². The molecule has 3 rings (SSSR count). The predicted octanol–water partition coefficient (Wildman–Crippen LogP) is 3.44. The second kappa shape index (κ2) is 8.02. The smallest absolute Gasteiger partial charge is 0.387 e.